The van der Waals surface area contributed by atoms with Gasteiger partial charge in [-0.15, -0.1) is 0 Å². The van der Waals surface area contributed by atoms with Gasteiger partial charge in [0.2, 0.25) is 0 Å². The zero-order valence-corrected chi connectivity index (χ0v) is 21.7. The minimum absolute atomic E-state index is 0.0644. The fraction of sp³-hybridized carbons (Fsp3) is 0.750. The fourth-order valence-electron chi connectivity index (χ4n) is 6.00. The van der Waals surface area contributed by atoms with Gasteiger partial charge in [-0.1, -0.05) is 50.3 Å². The number of methoxy groups -OCH3 is 1. The maximum Gasteiger partial charge on any atom is 0.317 e. The molecule has 1 aliphatic heterocycles. The molecule has 1 aliphatic carbocycles. The Morgan fingerprint density at radius 1 is 1.23 bits per heavy atom. The third-order valence-electron chi connectivity index (χ3n) is 8.14. The topological polar surface area (TPSA) is 87.8 Å². The lowest BCUT2D eigenvalue weighted by molar-refractivity contribution is -0.0588. The summed E-state index contributed by atoms with van der Waals surface area (Å²) in [5, 5.41) is 15.1. The summed E-state index contributed by atoms with van der Waals surface area (Å²) in [6.45, 7) is 3.60. The standard InChI is InChI=1S/C28H46FN3O3/c1-21(30)26(19-22-11-4-3-5-12-22)31-27(33)32-17-10-13-23(20-32)28(34,16-8-9-18-35-2)24-14-6-7-15-25(24)29/h6-7,14-15,21-23,26,34H,3-5,8-13,16-20,30H2,1-2H3,(H,31,33)/t21-,23+,26-,28-/m0/s1. The molecule has 35 heavy (non-hydrogen) atoms. The van der Waals surface area contributed by atoms with Crippen molar-refractivity contribution in [2.75, 3.05) is 26.8 Å². The number of ether oxygens (including phenoxy) is 1. The van der Waals surface area contributed by atoms with Gasteiger partial charge in [0, 0.05) is 50.4 Å². The highest BCUT2D eigenvalue weighted by Crippen LogP contribution is 2.40. The molecule has 2 fully saturated rings. The lowest BCUT2D eigenvalue weighted by Gasteiger charge is -2.43. The number of urea groups is 1. The number of hydrogen-bond donors (Lipinski definition) is 3. The van der Waals surface area contributed by atoms with Crippen LogP contribution in [0.1, 0.15) is 83.1 Å². The summed E-state index contributed by atoms with van der Waals surface area (Å²) in [6.07, 6.45) is 10.6. The van der Waals surface area contributed by atoms with Crippen LogP contribution in [0.15, 0.2) is 24.3 Å². The predicted molar refractivity (Wildman–Crippen MR) is 137 cm³/mol. The molecule has 0 radical (unpaired) electrons. The van der Waals surface area contributed by atoms with E-state index < -0.39 is 11.4 Å². The van der Waals surface area contributed by atoms with Crippen LogP contribution >= 0.6 is 0 Å². The maximum absolute atomic E-state index is 14.9. The molecule has 0 spiro atoms. The molecular weight excluding hydrogens is 445 g/mol. The number of nitrogens with two attached hydrogens (primary N) is 1. The first-order valence-corrected chi connectivity index (χ1v) is 13.6. The Morgan fingerprint density at radius 3 is 2.66 bits per heavy atom. The van der Waals surface area contributed by atoms with Crippen LogP contribution in [0.25, 0.3) is 0 Å². The van der Waals surface area contributed by atoms with Gasteiger partial charge in [0.25, 0.3) is 0 Å². The van der Waals surface area contributed by atoms with E-state index in [9.17, 15) is 14.3 Å². The second-order valence-electron chi connectivity index (χ2n) is 10.8. The van der Waals surface area contributed by atoms with Crippen molar-refractivity contribution in [3.05, 3.63) is 35.6 Å². The molecule has 6 nitrogen and oxygen atoms in total. The van der Waals surface area contributed by atoms with E-state index in [-0.39, 0.29) is 24.0 Å². The average Bonchev–Trinajstić information content (AvgIpc) is 2.87. The van der Waals surface area contributed by atoms with E-state index in [0.717, 1.165) is 32.1 Å². The van der Waals surface area contributed by atoms with Crippen molar-refractivity contribution in [2.24, 2.45) is 17.6 Å². The van der Waals surface area contributed by atoms with Crippen molar-refractivity contribution in [2.45, 2.75) is 95.2 Å². The highest BCUT2D eigenvalue weighted by molar-refractivity contribution is 5.74. The van der Waals surface area contributed by atoms with E-state index in [0.29, 0.717) is 37.6 Å². The zero-order chi connectivity index (χ0) is 25.3. The summed E-state index contributed by atoms with van der Waals surface area (Å²) in [4.78, 5) is 15.1. The summed E-state index contributed by atoms with van der Waals surface area (Å²) in [7, 11) is 1.66. The van der Waals surface area contributed by atoms with Crippen molar-refractivity contribution in [3.63, 3.8) is 0 Å². The van der Waals surface area contributed by atoms with Gasteiger partial charge in [0.1, 0.15) is 5.82 Å². The third kappa shape index (κ3) is 7.64. The van der Waals surface area contributed by atoms with Crippen LogP contribution in [0.5, 0.6) is 0 Å². The molecule has 0 unspecified atom stereocenters. The molecule has 1 saturated heterocycles. The van der Waals surface area contributed by atoms with Crippen molar-refractivity contribution in [3.8, 4) is 0 Å². The molecule has 4 atom stereocenters. The number of unbranched alkanes of at least 4 members (excludes halogenated alkanes) is 1. The highest BCUT2D eigenvalue weighted by atomic mass is 19.1. The molecule has 0 aromatic heterocycles. The lowest BCUT2D eigenvalue weighted by atomic mass is 9.74. The van der Waals surface area contributed by atoms with Gasteiger partial charge in [-0.25, -0.2) is 9.18 Å². The second-order valence-corrected chi connectivity index (χ2v) is 10.8. The van der Waals surface area contributed by atoms with Crippen molar-refractivity contribution in [1.82, 2.24) is 10.2 Å². The van der Waals surface area contributed by atoms with Crippen LogP contribution in [0.2, 0.25) is 0 Å². The Hall–Kier alpha value is -1.70. The van der Waals surface area contributed by atoms with Crippen LogP contribution in [0.4, 0.5) is 9.18 Å². The molecule has 4 N–H and O–H groups in total. The number of aliphatic hydroxyl groups is 1. The Labute approximate surface area is 210 Å². The van der Waals surface area contributed by atoms with Gasteiger partial charge in [0.05, 0.1) is 5.60 Å². The minimum atomic E-state index is -1.33. The van der Waals surface area contributed by atoms with Crippen molar-refractivity contribution >= 4 is 6.03 Å². The first-order valence-electron chi connectivity index (χ1n) is 13.6. The number of nitrogens with zero attached hydrogens (tertiary/aromatic N) is 1. The molecule has 3 rings (SSSR count). The number of carbonyl (C=O) groups is 1. The minimum Gasteiger partial charge on any atom is -0.385 e. The monoisotopic (exact) mass is 491 g/mol. The van der Waals surface area contributed by atoms with Crippen LogP contribution in [-0.4, -0.2) is 54.9 Å². The fourth-order valence-corrected chi connectivity index (χ4v) is 6.00. The SMILES string of the molecule is COCCCC[C@@](O)(c1ccccc1F)[C@@H]1CCCN(C(=O)N[C@@H](CC2CCCCC2)[C@H](C)N)C1. The number of hydrogen-bond acceptors (Lipinski definition) is 4. The molecule has 2 aliphatic rings. The molecule has 2 amide bonds. The smallest absolute Gasteiger partial charge is 0.317 e. The van der Waals surface area contributed by atoms with Crippen molar-refractivity contribution in [1.29, 1.82) is 0 Å². The van der Waals surface area contributed by atoms with Gasteiger partial charge < -0.3 is 25.8 Å². The van der Waals surface area contributed by atoms with Crippen LogP contribution in [0, 0.1) is 17.7 Å². The Morgan fingerprint density at radius 2 is 1.97 bits per heavy atom. The third-order valence-corrected chi connectivity index (χ3v) is 8.14. The van der Waals surface area contributed by atoms with E-state index in [4.69, 9.17) is 10.5 Å². The zero-order valence-electron chi connectivity index (χ0n) is 21.7. The Bertz CT molecular complexity index is 786. The molecule has 1 saturated carbocycles. The van der Waals surface area contributed by atoms with E-state index in [2.05, 4.69) is 5.32 Å². The maximum atomic E-state index is 14.9. The van der Waals surface area contributed by atoms with Crippen LogP contribution < -0.4 is 11.1 Å². The quantitative estimate of drug-likeness (QED) is 0.383. The summed E-state index contributed by atoms with van der Waals surface area (Å²) >= 11 is 0. The number of halogens is 1. The van der Waals surface area contributed by atoms with Gasteiger partial charge in [-0.3, -0.25) is 0 Å². The largest absolute Gasteiger partial charge is 0.385 e. The van der Waals surface area contributed by atoms with Gasteiger partial charge in [0.15, 0.2) is 0 Å². The Kier molecular flexibility index (Phi) is 10.8. The van der Waals surface area contributed by atoms with Crippen LogP contribution in [0.3, 0.4) is 0 Å². The second kappa shape index (κ2) is 13.6. The first kappa shape index (κ1) is 27.9. The number of likely N-dealkylation sites (tertiary alicyclic amines) is 1. The summed E-state index contributed by atoms with van der Waals surface area (Å²) in [5.41, 5.74) is 5.27. The number of benzene rings is 1. The molecule has 1 heterocycles. The van der Waals surface area contributed by atoms with Gasteiger partial charge in [-0.05, 0) is 57.4 Å². The molecule has 0 bridgehead atoms. The van der Waals surface area contributed by atoms with Gasteiger partial charge >= 0.3 is 6.03 Å². The van der Waals surface area contributed by atoms with Gasteiger partial charge in [-0.2, -0.15) is 0 Å². The molecule has 1 aromatic rings. The molecule has 7 heteroatoms. The first-order chi connectivity index (χ1) is 16.8. The number of piperidine rings is 1. The van der Waals surface area contributed by atoms with E-state index >= 15 is 0 Å². The highest BCUT2D eigenvalue weighted by Gasteiger charge is 2.42. The summed E-state index contributed by atoms with van der Waals surface area (Å²) < 4.78 is 20.0. The Balaban J connectivity index is 1.70. The summed E-state index contributed by atoms with van der Waals surface area (Å²) in [5.74, 6) is -0.0197. The normalized spacial score (nSPS) is 22.9. The molecule has 1 aromatic carbocycles. The molecular formula is C28H46FN3O3. The van der Waals surface area contributed by atoms with E-state index in [1.54, 1.807) is 30.2 Å². The van der Waals surface area contributed by atoms with Crippen LogP contribution in [-0.2, 0) is 10.3 Å². The average molecular weight is 492 g/mol. The number of carbonyl (C=O) groups excluding carboxylic acids is 1. The number of nitrogens with one attached hydrogen (secondary N) is 1. The summed E-state index contributed by atoms with van der Waals surface area (Å²) in [6, 6.07) is 6.18. The lowest BCUT2D eigenvalue weighted by Crippen LogP contribution is -2.55. The van der Waals surface area contributed by atoms with E-state index in [1.165, 1.54) is 38.2 Å². The van der Waals surface area contributed by atoms with Crippen molar-refractivity contribution < 1.29 is 19.0 Å². The number of rotatable bonds is 11. The predicted octanol–water partition coefficient (Wildman–Crippen LogP) is 4.94. The van der Waals surface area contributed by atoms with E-state index in [1.807, 2.05) is 6.92 Å². The molecule has 198 valence electrons. The number of amides is 2.